The van der Waals surface area contributed by atoms with Gasteiger partial charge in [-0.2, -0.15) is 0 Å². The lowest BCUT2D eigenvalue weighted by Crippen LogP contribution is -2.36. The van der Waals surface area contributed by atoms with Gasteiger partial charge in [-0.25, -0.2) is 14.4 Å². The number of aromatic hydroxyl groups is 3. The van der Waals surface area contributed by atoms with Gasteiger partial charge in [0.25, 0.3) is 0 Å². The van der Waals surface area contributed by atoms with Gasteiger partial charge in [0, 0.05) is 58.2 Å². The molecule has 9 rings (SSSR count). The summed E-state index contributed by atoms with van der Waals surface area (Å²) in [5, 5.41) is 39.3. The third-order valence-electron chi connectivity index (χ3n) is 18.0. The standard InChI is InChI=1S/C78H99NO12/c1-73(2,3)58-31-46-25-52-37-61(76(10,11)12)39-54-27-48-33-59(74(4,5)6)35-50(68(48)84)29-56-41-63(78(16,17)18)42-57-30-51-36-60(75(7,8)9)34-49(69(51)85)28-55-40-62(77(13,14)15)38-53(26-47(32-58)67(46)83)71(55)90-44-65(81)87-23-20-79(19-22-86-64(80)43-89-70(52)54)21-24-88-66(82)45-91-72(56)57/h31-42,83-85H,19-30,43-45H2,1-18H3. The second-order valence-corrected chi connectivity index (χ2v) is 31.7. The number of carbonyl (C=O) groups is 3. The van der Waals surface area contributed by atoms with Crippen LogP contribution in [0.15, 0.2) is 72.8 Å². The molecule has 488 valence electrons. The number of hydrogen-bond acceptors (Lipinski definition) is 13. The van der Waals surface area contributed by atoms with Crippen LogP contribution in [-0.4, -0.2) is 97.4 Å². The van der Waals surface area contributed by atoms with E-state index in [-0.39, 0.29) is 95.2 Å². The van der Waals surface area contributed by atoms with Gasteiger partial charge in [-0.3, -0.25) is 4.90 Å². The molecule has 13 heteroatoms. The lowest BCUT2D eigenvalue weighted by Gasteiger charge is -2.28. The van der Waals surface area contributed by atoms with E-state index in [1.807, 2.05) is 4.90 Å². The van der Waals surface area contributed by atoms with Gasteiger partial charge in [0.05, 0.1) is 0 Å². The van der Waals surface area contributed by atoms with Gasteiger partial charge in [-0.1, -0.05) is 197 Å². The van der Waals surface area contributed by atoms with Crippen molar-refractivity contribution in [1.29, 1.82) is 0 Å². The molecule has 91 heavy (non-hydrogen) atoms. The minimum Gasteiger partial charge on any atom is -0.507 e. The van der Waals surface area contributed by atoms with Crippen LogP contribution in [0.5, 0.6) is 34.5 Å². The van der Waals surface area contributed by atoms with Crippen LogP contribution in [0.1, 0.15) is 225 Å². The molecular weight excluding hydrogens is 1140 g/mol. The highest BCUT2D eigenvalue weighted by atomic mass is 16.6. The molecule has 3 heterocycles. The lowest BCUT2D eigenvalue weighted by molar-refractivity contribution is -0.147. The van der Waals surface area contributed by atoms with E-state index in [4.69, 9.17) is 28.4 Å². The molecule has 0 radical (unpaired) electrons. The van der Waals surface area contributed by atoms with E-state index in [1.54, 1.807) is 0 Å². The van der Waals surface area contributed by atoms with Gasteiger partial charge < -0.3 is 43.7 Å². The third-order valence-corrected chi connectivity index (χ3v) is 18.0. The summed E-state index contributed by atoms with van der Waals surface area (Å²) < 4.78 is 38.3. The third kappa shape index (κ3) is 16.2. The van der Waals surface area contributed by atoms with Crippen LogP contribution in [0.4, 0.5) is 0 Å². The van der Waals surface area contributed by atoms with Crippen molar-refractivity contribution >= 4 is 17.9 Å². The molecule has 13 nitrogen and oxygen atoms in total. The summed E-state index contributed by atoms with van der Waals surface area (Å²) in [5.74, 6) is -0.314. The number of ether oxygens (including phenoxy) is 6. The molecule has 0 amide bonds. The largest absolute Gasteiger partial charge is 0.507 e. The number of nitrogens with zero attached hydrogens (tertiary/aromatic N) is 1. The van der Waals surface area contributed by atoms with E-state index in [1.165, 1.54) is 0 Å². The Labute approximate surface area is 540 Å². The lowest BCUT2D eigenvalue weighted by atomic mass is 9.79. The van der Waals surface area contributed by atoms with Gasteiger partial charge in [-0.15, -0.1) is 0 Å². The molecule has 0 saturated carbocycles. The van der Waals surface area contributed by atoms with E-state index < -0.39 is 70.2 Å². The Morgan fingerprint density at radius 1 is 0.275 bits per heavy atom. The van der Waals surface area contributed by atoms with Crippen LogP contribution < -0.4 is 14.2 Å². The van der Waals surface area contributed by atoms with E-state index in [0.29, 0.717) is 50.6 Å². The molecule has 3 aliphatic heterocycles. The molecule has 0 saturated heterocycles. The number of esters is 3. The minimum atomic E-state index is -0.620. The summed E-state index contributed by atoms with van der Waals surface area (Å²) in [6, 6.07) is 25.0. The van der Waals surface area contributed by atoms with E-state index in [0.717, 1.165) is 66.8 Å². The second kappa shape index (κ2) is 25.9. The van der Waals surface area contributed by atoms with Gasteiger partial charge in [0.2, 0.25) is 0 Å². The molecule has 0 spiro atoms. The first-order chi connectivity index (χ1) is 42.3. The monoisotopic (exact) mass is 1240 g/mol. The normalized spacial score (nSPS) is 16.5. The Morgan fingerprint density at radius 2 is 0.440 bits per heavy atom. The van der Waals surface area contributed by atoms with Crippen molar-refractivity contribution in [3.63, 3.8) is 0 Å². The first-order valence-corrected chi connectivity index (χ1v) is 32.4. The summed E-state index contributed by atoms with van der Waals surface area (Å²) in [5.41, 5.74) is 11.6. The molecule has 6 aromatic carbocycles. The molecule has 0 aliphatic carbocycles. The number of hydrogen-bond donors (Lipinski definition) is 3. The van der Waals surface area contributed by atoms with Gasteiger partial charge in [0.15, 0.2) is 19.8 Å². The quantitative estimate of drug-likeness (QED) is 0.0969. The zero-order valence-electron chi connectivity index (χ0n) is 57.5. The highest BCUT2D eigenvalue weighted by Gasteiger charge is 2.32. The van der Waals surface area contributed by atoms with Crippen LogP contribution in [0, 0.1) is 0 Å². The van der Waals surface area contributed by atoms with Crippen molar-refractivity contribution in [1.82, 2.24) is 4.90 Å². The number of rotatable bonds is 0. The van der Waals surface area contributed by atoms with Crippen molar-refractivity contribution in [3.05, 3.63) is 173 Å². The van der Waals surface area contributed by atoms with E-state index in [9.17, 15) is 29.7 Å². The summed E-state index contributed by atoms with van der Waals surface area (Å²) in [4.78, 5) is 44.2. The highest BCUT2D eigenvalue weighted by Crippen LogP contribution is 2.46. The molecule has 0 atom stereocenters. The average Bonchev–Trinajstić information content (AvgIpc) is 0.808. The van der Waals surface area contributed by atoms with E-state index in [2.05, 4.69) is 197 Å². The summed E-state index contributed by atoms with van der Waals surface area (Å²) in [6.45, 7) is 37.7. The zero-order valence-corrected chi connectivity index (χ0v) is 57.5. The van der Waals surface area contributed by atoms with Crippen LogP contribution in [0.2, 0.25) is 0 Å². The van der Waals surface area contributed by atoms with Crippen molar-refractivity contribution in [3.8, 4) is 34.5 Å². The van der Waals surface area contributed by atoms with E-state index >= 15 is 0 Å². The van der Waals surface area contributed by atoms with Gasteiger partial charge >= 0.3 is 17.9 Å². The van der Waals surface area contributed by atoms with Crippen LogP contribution in [0.25, 0.3) is 0 Å². The Morgan fingerprint density at radius 3 is 0.604 bits per heavy atom. The van der Waals surface area contributed by atoms with Gasteiger partial charge in [-0.05, 0) is 133 Å². The maximum atomic E-state index is 14.1. The molecule has 0 unspecified atom stereocenters. The van der Waals surface area contributed by atoms with Crippen LogP contribution in [0.3, 0.4) is 0 Å². The van der Waals surface area contributed by atoms with Crippen molar-refractivity contribution in [2.75, 3.05) is 59.3 Å². The average molecular weight is 1240 g/mol. The molecule has 0 fully saturated rings. The first kappa shape index (κ1) is 67.9. The predicted molar refractivity (Wildman–Crippen MR) is 358 cm³/mol. The first-order valence-electron chi connectivity index (χ1n) is 32.4. The maximum absolute atomic E-state index is 14.1. The SMILES string of the molecule is CC(C)(C)c1cc2c(O)c(c1)Cc1cc(C(C)(C)C)cc3c1OCC(=O)OCCN1CCOC(=O)COc4c(cc(C(C)(C)C)cc4Cc4cc(C(C)(C)C)cc(c4O)Cc4cc(C(C)(C)C)cc(c4OCC(=O)OCC1)Cc1cc(C(C)(C)C)cc(c1O)C3)C2. The molecular formula is C78H99NO12. The minimum absolute atomic E-state index is 0.0629. The number of fused-ring (bicyclic) bond motifs is 21. The fourth-order valence-corrected chi connectivity index (χ4v) is 12.2. The molecule has 3 aliphatic rings. The Hall–Kier alpha value is -7.51. The molecule has 6 aromatic rings. The second-order valence-electron chi connectivity index (χ2n) is 31.7. The maximum Gasteiger partial charge on any atom is 0.344 e. The number of phenols is 3. The fourth-order valence-electron chi connectivity index (χ4n) is 12.2. The predicted octanol–water partition coefficient (Wildman–Crippen LogP) is 14.5. The van der Waals surface area contributed by atoms with Crippen molar-refractivity contribution < 1.29 is 58.1 Å². The number of benzene rings is 6. The molecule has 3 N–H and O–H groups in total. The van der Waals surface area contributed by atoms with Crippen LogP contribution in [-0.2, 0) is 99.6 Å². The van der Waals surface area contributed by atoms with Crippen molar-refractivity contribution in [2.24, 2.45) is 0 Å². The topological polar surface area (TPSA) is 171 Å². The van der Waals surface area contributed by atoms with Crippen molar-refractivity contribution in [2.45, 2.75) is 196 Å². The zero-order chi connectivity index (χ0) is 66.5. The van der Waals surface area contributed by atoms with Gasteiger partial charge in [0.1, 0.15) is 54.3 Å². The summed E-state index contributed by atoms with van der Waals surface area (Å²) >= 11 is 0. The number of carbonyl (C=O) groups excluding carboxylic acids is 3. The molecule has 0 aromatic heterocycles. The summed E-state index contributed by atoms with van der Waals surface area (Å²) in [7, 11) is 0. The summed E-state index contributed by atoms with van der Waals surface area (Å²) in [6.07, 6.45) is 1.12. The Bertz CT molecular complexity index is 3220. The fraction of sp³-hybridized carbons (Fsp3) is 0.500. The number of phenolic OH excluding ortho intramolecular Hbond substituents is 3. The highest BCUT2D eigenvalue weighted by molar-refractivity contribution is 5.73. The van der Waals surface area contributed by atoms with Crippen LogP contribution >= 0.6 is 0 Å². The molecule has 10 bridgehead atoms. The Balaban J connectivity index is 1.45. The smallest absolute Gasteiger partial charge is 0.344 e. The Kier molecular flexibility index (Phi) is 19.3.